The highest BCUT2D eigenvalue weighted by Gasteiger charge is 2.06. The van der Waals surface area contributed by atoms with Crippen molar-refractivity contribution in [1.82, 2.24) is 4.98 Å². The lowest BCUT2D eigenvalue weighted by Gasteiger charge is -2.08. The average Bonchev–Trinajstić information content (AvgIpc) is 2.38. The monoisotopic (exact) mass is 277 g/mol. The van der Waals surface area contributed by atoms with Gasteiger partial charge in [-0.3, -0.25) is 0 Å². The molecule has 0 atom stereocenters. The molecule has 2 aromatic rings. The second kappa shape index (κ2) is 5.71. The van der Waals surface area contributed by atoms with Crippen LogP contribution in [0.25, 0.3) is 0 Å². The topological polar surface area (TPSA) is 59.4 Å². The molecule has 5 heteroatoms. The van der Waals surface area contributed by atoms with Crippen LogP contribution < -0.4 is 4.74 Å². The Kier molecular flexibility index (Phi) is 4.02. The smallest absolute Gasteiger partial charge is 0.354 e. The summed E-state index contributed by atoms with van der Waals surface area (Å²) in [5.41, 5.74) is 1.58. The molecule has 0 bridgehead atoms. The molecule has 0 aliphatic carbocycles. The lowest BCUT2D eigenvalue weighted by Crippen LogP contribution is -2.05. The third-order valence-corrected chi connectivity index (χ3v) is 2.78. The molecule has 0 fully saturated rings. The quantitative estimate of drug-likeness (QED) is 0.931. The first kappa shape index (κ1) is 13.4. The van der Waals surface area contributed by atoms with Gasteiger partial charge in [-0.15, -0.1) is 0 Å². The molecule has 1 aromatic carbocycles. The van der Waals surface area contributed by atoms with Crippen molar-refractivity contribution in [3.8, 4) is 5.75 Å². The maximum absolute atomic E-state index is 10.8. The van der Waals surface area contributed by atoms with Gasteiger partial charge < -0.3 is 9.84 Å². The van der Waals surface area contributed by atoms with Crippen molar-refractivity contribution >= 4 is 17.6 Å². The predicted octanol–water partition coefficient (Wildman–Crippen LogP) is 3.32. The van der Waals surface area contributed by atoms with Gasteiger partial charge in [0.2, 0.25) is 0 Å². The highest BCUT2D eigenvalue weighted by atomic mass is 35.5. The molecule has 0 unspecified atom stereocenters. The largest absolute Gasteiger partial charge is 0.486 e. The number of ether oxygens (including phenoxy) is 1. The Labute approximate surface area is 115 Å². The Bertz CT molecular complexity index is 613. The lowest BCUT2D eigenvalue weighted by atomic mass is 10.2. The van der Waals surface area contributed by atoms with Crippen molar-refractivity contribution in [3.05, 3.63) is 58.4 Å². The Balaban J connectivity index is 2.10. The van der Waals surface area contributed by atoms with Crippen molar-refractivity contribution in [2.45, 2.75) is 13.5 Å². The number of pyridine rings is 1. The fraction of sp³-hybridized carbons (Fsp3) is 0.143. The molecule has 0 radical (unpaired) electrons. The van der Waals surface area contributed by atoms with E-state index < -0.39 is 5.97 Å². The summed E-state index contributed by atoms with van der Waals surface area (Å²) < 4.78 is 5.53. The van der Waals surface area contributed by atoms with E-state index >= 15 is 0 Å². The van der Waals surface area contributed by atoms with E-state index in [0.29, 0.717) is 16.5 Å². The van der Waals surface area contributed by atoms with Crippen LogP contribution >= 0.6 is 11.6 Å². The van der Waals surface area contributed by atoms with Crippen LogP contribution in [0.15, 0.2) is 36.4 Å². The molecule has 2 rings (SSSR count). The van der Waals surface area contributed by atoms with Crippen molar-refractivity contribution < 1.29 is 14.6 Å². The summed E-state index contributed by atoms with van der Waals surface area (Å²) in [6.07, 6.45) is 0. The average molecular weight is 278 g/mol. The third-order valence-electron chi connectivity index (χ3n) is 2.49. The molecule has 1 N–H and O–H groups in total. The van der Waals surface area contributed by atoms with E-state index in [0.717, 1.165) is 5.56 Å². The molecule has 1 heterocycles. The van der Waals surface area contributed by atoms with E-state index in [2.05, 4.69) is 4.98 Å². The van der Waals surface area contributed by atoms with Crippen LogP contribution in [0, 0.1) is 6.92 Å². The van der Waals surface area contributed by atoms with Gasteiger partial charge in [0.1, 0.15) is 18.1 Å². The molecule has 19 heavy (non-hydrogen) atoms. The predicted molar refractivity (Wildman–Crippen MR) is 71.7 cm³/mol. The Morgan fingerprint density at radius 1 is 1.37 bits per heavy atom. The highest BCUT2D eigenvalue weighted by molar-refractivity contribution is 6.32. The van der Waals surface area contributed by atoms with Crippen LogP contribution in [-0.2, 0) is 6.61 Å². The number of carboxylic acid groups (broad SMARTS) is 1. The molecule has 0 saturated carbocycles. The van der Waals surface area contributed by atoms with Crippen LogP contribution in [0.5, 0.6) is 5.75 Å². The van der Waals surface area contributed by atoms with Gasteiger partial charge >= 0.3 is 5.97 Å². The number of carbonyl (C=O) groups is 1. The van der Waals surface area contributed by atoms with Crippen molar-refractivity contribution in [2.24, 2.45) is 0 Å². The molecule has 0 aliphatic rings. The fourth-order valence-electron chi connectivity index (χ4n) is 1.55. The first-order chi connectivity index (χ1) is 9.06. The number of aryl methyl sites for hydroxylation is 1. The second-order valence-electron chi connectivity index (χ2n) is 4.04. The van der Waals surface area contributed by atoms with Gasteiger partial charge in [0.25, 0.3) is 0 Å². The Morgan fingerprint density at radius 2 is 2.16 bits per heavy atom. The Hall–Kier alpha value is -2.07. The number of carboxylic acids is 1. The fourth-order valence-corrected chi connectivity index (χ4v) is 1.84. The zero-order chi connectivity index (χ0) is 13.8. The second-order valence-corrected chi connectivity index (χ2v) is 4.45. The molecule has 4 nitrogen and oxygen atoms in total. The summed E-state index contributed by atoms with van der Waals surface area (Å²) in [7, 11) is 0. The van der Waals surface area contributed by atoms with Crippen LogP contribution in [0.3, 0.4) is 0 Å². The number of hydrogen-bond donors (Lipinski definition) is 1. The van der Waals surface area contributed by atoms with E-state index in [1.54, 1.807) is 24.3 Å². The lowest BCUT2D eigenvalue weighted by molar-refractivity contribution is 0.0690. The van der Waals surface area contributed by atoms with Crippen molar-refractivity contribution in [3.63, 3.8) is 0 Å². The zero-order valence-electron chi connectivity index (χ0n) is 10.3. The number of benzene rings is 1. The van der Waals surface area contributed by atoms with Gasteiger partial charge in [-0.1, -0.05) is 23.7 Å². The summed E-state index contributed by atoms with van der Waals surface area (Å²) in [6, 6.07) is 10.2. The zero-order valence-corrected chi connectivity index (χ0v) is 11.0. The molecule has 0 aliphatic heterocycles. The van der Waals surface area contributed by atoms with Crippen LogP contribution in [0.1, 0.15) is 21.7 Å². The number of nitrogens with zero attached hydrogens (tertiary/aromatic N) is 1. The number of aromatic nitrogens is 1. The summed E-state index contributed by atoms with van der Waals surface area (Å²) in [5.74, 6) is -0.509. The summed E-state index contributed by atoms with van der Waals surface area (Å²) in [6.45, 7) is 2.11. The SMILES string of the molecule is Cc1ccc(OCc2cccc(C(=O)O)n2)c(Cl)c1. The Morgan fingerprint density at radius 3 is 2.84 bits per heavy atom. The molecular formula is C14H12ClNO3. The van der Waals surface area contributed by atoms with E-state index in [9.17, 15) is 4.79 Å². The standard InChI is InChI=1S/C14H12ClNO3/c1-9-5-6-13(11(15)7-9)19-8-10-3-2-4-12(16-10)14(17)18/h2-7H,8H2,1H3,(H,17,18). The van der Waals surface area contributed by atoms with Gasteiger partial charge in [-0.2, -0.15) is 0 Å². The highest BCUT2D eigenvalue weighted by Crippen LogP contribution is 2.25. The maximum atomic E-state index is 10.8. The molecule has 0 amide bonds. The normalized spacial score (nSPS) is 10.2. The van der Waals surface area contributed by atoms with Crippen LogP contribution in [0.2, 0.25) is 5.02 Å². The minimum atomic E-state index is -1.06. The molecule has 0 spiro atoms. The van der Waals surface area contributed by atoms with Gasteiger partial charge in [0.15, 0.2) is 0 Å². The molecular weight excluding hydrogens is 266 g/mol. The summed E-state index contributed by atoms with van der Waals surface area (Å²) >= 11 is 6.04. The minimum absolute atomic E-state index is 0.00361. The van der Waals surface area contributed by atoms with Gasteiger partial charge in [0.05, 0.1) is 10.7 Å². The maximum Gasteiger partial charge on any atom is 0.354 e. The van der Waals surface area contributed by atoms with Gasteiger partial charge in [0, 0.05) is 0 Å². The number of aromatic carboxylic acids is 1. The summed E-state index contributed by atoms with van der Waals surface area (Å²) in [5, 5.41) is 9.37. The van der Waals surface area contributed by atoms with Gasteiger partial charge in [-0.25, -0.2) is 9.78 Å². The van der Waals surface area contributed by atoms with Gasteiger partial charge in [-0.05, 0) is 36.8 Å². The first-order valence-corrected chi connectivity index (χ1v) is 6.02. The number of rotatable bonds is 4. The molecule has 0 saturated heterocycles. The third kappa shape index (κ3) is 3.45. The molecule has 1 aromatic heterocycles. The summed E-state index contributed by atoms with van der Waals surface area (Å²) in [4.78, 5) is 14.8. The number of halogens is 1. The van der Waals surface area contributed by atoms with E-state index in [-0.39, 0.29) is 12.3 Å². The minimum Gasteiger partial charge on any atom is -0.486 e. The van der Waals surface area contributed by atoms with E-state index in [1.807, 2.05) is 13.0 Å². The van der Waals surface area contributed by atoms with Crippen LogP contribution in [0.4, 0.5) is 0 Å². The van der Waals surface area contributed by atoms with Crippen molar-refractivity contribution in [1.29, 1.82) is 0 Å². The van der Waals surface area contributed by atoms with Crippen LogP contribution in [-0.4, -0.2) is 16.1 Å². The van der Waals surface area contributed by atoms with E-state index in [4.69, 9.17) is 21.4 Å². The van der Waals surface area contributed by atoms with E-state index in [1.165, 1.54) is 6.07 Å². The first-order valence-electron chi connectivity index (χ1n) is 5.64. The number of hydrogen-bond acceptors (Lipinski definition) is 3. The molecule has 98 valence electrons. The van der Waals surface area contributed by atoms with Crippen molar-refractivity contribution in [2.75, 3.05) is 0 Å².